The van der Waals surface area contributed by atoms with Crippen molar-refractivity contribution in [3.63, 3.8) is 0 Å². The van der Waals surface area contributed by atoms with Crippen LogP contribution >= 0.6 is 0 Å². The van der Waals surface area contributed by atoms with Gasteiger partial charge >= 0.3 is 0 Å². The Morgan fingerprint density at radius 1 is 1.17 bits per heavy atom. The highest BCUT2D eigenvalue weighted by molar-refractivity contribution is 5.77. The third-order valence-electron chi connectivity index (χ3n) is 8.65. The van der Waals surface area contributed by atoms with Gasteiger partial charge in [0.1, 0.15) is 6.17 Å². The molecule has 0 aromatic heterocycles. The van der Waals surface area contributed by atoms with Crippen LogP contribution in [0.3, 0.4) is 0 Å². The van der Waals surface area contributed by atoms with Crippen LogP contribution in [0.4, 0.5) is 4.39 Å². The summed E-state index contributed by atoms with van der Waals surface area (Å²) in [5.41, 5.74) is 0.476. The van der Waals surface area contributed by atoms with Gasteiger partial charge in [-0.1, -0.05) is 20.8 Å². The largest absolute Gasteiger partial charge is 0.342 e. The number of halogens is 1. The molecule has 0 radical (unpaired) electrons. The molecule has 1 saturated heterocycles. The van der Waals surface area contributed by atoms with Gasteiger partial charge in [-0.15, -0.1) is 0 Å². The van der Waals surface area contributed by atoms with Gasteiger partial charge in [-0.3, -0.25) is 4.79 Å². The molecule has 3 saturated carbocycles. The van der Waals surface area contributed by atoms with E-state index >= 15 is 0 Å². The van der Waals surface area contributed by atoms with Gasteiger partial charge in [0, 0.05) is 19.5 Å². The summed E-state index contributed by atoms with van der Waals surface area (Å²) in [5.74, 6) is 2.84. The summed E-state index contributed by atoms with van der Waals surface area (Å²) in [6, 6.07) is 0.395. The highest BCUT2D eigenvalue weighted by Gasteiger charge is 2.62. The maximum absolute atomic E-state index is 14.2. The first-order chi connectivity index (χ1) is 10.8. The van der Waals surface area contributed by atoms with E-state index in [0.717, 1.165) is 25.7 Å². The topological polar surface area (TPSA) is 20.3 Å². The number of carbonyl (C=O) groups is 1. The molecule has 0 aromatic carbocycles. The molecule has 1 aliphatic heterocycles. The lowest BCUT2D eigenvalue weighted by Crippen LogP contribution is -2.62. The quantitative estimate of drug-likeness (QED) is 0.646. The Labute approximate surface area is 140 Å². The van der Waals surface area contributed by atoms with E-state index in [9.17, 15) is 9.18 Å². The fourth-order valence-corrected chi connectivity index (χ4v) is 7.44. The van der Waals surface area contributed by atoms with Crippen molar-refractivity contribution in [2.75, 3.05) is 7.05 Å². The van der Waals surface area contributed by atoms with Crippen LogP contribution in [0.2, 0.25) is 0 Å². The monoisotopic (exact) mass is 321 g/mol. The first-order valence-corrected chi connectivity index (χ1v) is 9.66. The molecule has 0 aromatic rings. The molecule has 0 spiro atoms. The number of nitrogens with zero attached hydrogens (tertiary/aromatic N) is 1. The molecule has 8 atom stereocenters. The molecule has 23 heavy (non-hydrogen) atoms. The third kappa shape index (κ3) is 2.07. The second-order valence-corrected chi connectivity index (χ2v) is 9.76. The van der Waals surface area contributed by atoms with Crippen LogP contribution < -0.4 is 0 Å². The van der Waals surface area contributed by atoms with E-state index in [1.54, 1.807) is 0 Å². The van der Waals surface area contributed by atoms with Crippen LogP contribution in [0.25, 0.3) is 0 Å². The van der Waals surface area contributed by atoms with Crippen molar-refractivity contribution in [3.05, 3.63) is 0 Å². The molecule has 4 rings (SSSR count). The summed E-state index contributed by atoms with van der Waals surface area (Å²) in [6.07, 6.45) is 6.27. The second kappa shape index (κ2) is 4.95. The average molecular weight is 321 g/mol. The van der Waals surface area contributed by atoms with Crippen molar-refractivity contribution in [1.29, 1.82) is 0 Å². The number of amides is 1. The fourth-order valence-electron chi connectivity index (χ4n) is 7.44. The van der Waals surface area contributed by atoms with E-state index < -0.39 is 6.17 Å². The maximum Gasteiger partial charge on any atom is 0.222 e. The minimum Gasteiger partial charge on any atom is -0.342 e. The molecule has 0 bridgehead atoms. The smallest absolute Gasteiger partial charge is 0.222 e. The highest BCUT2D eigenvalue weighted by Crippen LogP contribution is 2.66. The first-order valence-electron chi connectivity index (χ1n) is 9.66. The average Bonchev–Trinajstić information content (AvgIpc) is 2.80. The van der Waals surface area contributed by atoms with Crippen LogP contribution in [0, 0.1) is 34.5 Å². The number of alkyl halides is 1. The number of hydrogen-bond acceptors (Lipinski definition) is 1. The molecule has 1 heterocycles. The number of piperidine rings is 1. The minimum atomic E-state index is -0.586. The molecule has 1 amide bonds. The van der Waals surface area contributed by atoms with Gasteiger partial charge in [0.05, 0.1) is 0 Å². The van der Waals surface area contributed by atoms with Crippen molar-refractivity contribution in [1.82, 2.24) is 4.90 Å². The number of rotatable bonds is 0. The molecule has 1 unspecified atom stereocenters. The molecule has 4 aliphatic rings. The number of hydrogen-bond donors (Lipinski definition) is 0. The zero-order valence-electron chi connectivity index (χ0n) is 15.1. The lowest BCUT2D eigenvalue weighted by Gasteiger charge is -2.63. The Kier molecular flexibility index (Phi) is 3.42. The van der Waals surface area contributed by atoms with Gasteiger partial charge in [0.2, 0.25) is 5.91 Å². The van der Waals surface area contributed by atoms with Gasteiger partial charge in [-0.2, -0.15) is 0 Å². The van der Waals surface area contributed by atoms with Crippen LogP contribution in [0.5, 0.6) is 0 Å². The van der Waals surface area contributed by atoms with Crippen molar-refractivity contribution in [2.45, 2.75) is 77.9 Å². The van der Waals surface area contributed by atoms with Gasteiger partial charge in [0.25, 0.3) is 0 Å². The summed E-state index contributed by atoms with van der Waals surface area (Å²) in [7, 11) is 2.01. The normalized spacial score (nSPS) is 56.0. The van der Waals surface area contributed by atoms with Crippen LogP contribution in [0.15, 0.2) is 0 Å². The van der Waals surface area contributed by atoms with Crippen molar-refractivity contribution >= 4 is 5.91 Å². The lowest BCUT2D eigenvalue weighted by atomic mass is 9.45. The van der Waals surface area contributed by atoms with E-state index in [-0.39, 0.29) is 10.8 Å². The van der Waals surface area contributed by atoms with E-state index in [4.69, 9.17) is 0 Å². The van der Waals surface area contributed by atoms with E-state index in [2.05, 4.69) is 25.7 Å². The summed E-state index contributed by atoms with van der Waals surface area (Å²) >= 11 is 0. The van der Waals surface area contributed by atoms with E-state index in [0.29, 0.717) is 42.0 Å². The summed E-state index contributed by atoms with van der Waals surface area (Å²) in [6.45, 7) is 7.17. The molecular formula is C20H32FNO. The molecule has 130 valence electrons. The zero-order valence-corrected chi connectivity index (χ0v) is 15.1. The van der Waals surface area contributed by atoms with Gasteiger partial charge in [-0.05, 0) is 73.0 Å². The predicted molar refractivity (Wildman–Crippen MR) is 89.6 cm³/mol. The number of carbonyl (C=O) groups excluding carboxylic acids is 1. The summed E-state index contributed by atoms with van der Waals surface area (Å²) in [4.78, 5) is 14.3. The van der Waals surface area contributed by atoms with Crippen LogP contribution in [0.1, 0.15) is 65.7 Å². The van der Waals surface area contributed by atoms with Gasteiger partial charge in [-0.25, -0.2) is 4.39 Å². The number of likely N-dealkylation sites (tertiary alicyclic amines) is 1. The third-order valence-corrected chi connectivity index (χ3v) is 8.65. The Balaban J connectivity index is 1.70. The molecule has 4 fully saturated rings. The molecule has 3 aliphatic carbocycles. The Hall–Kier alpha value is -0.600. The zero-order chi connectivity index (χ0) is 16.6. The van der Waals surface area contributed by atoms with Crippen molar-refractivity contribution in [3.8, 4) is 0 Å². The van der Waals surface area contributed by atoms with E-state index in [1.807, 2.05) is 7.05 Å². The number of fused-ring (bicyclic) bond motifs is 5. The second-order valence-electron chi connectivity index (χ2n) is 9.76. The lowest BCUT2D eigenvalue weighted by molar-refractivity contribution is -0.164. The SMILES string of the molecule is C[C@H]1C[C@H]2N(C)C(=O)CC[C@]2(C)[C@H]2CC[C@]3(C)C[C@@H](F)C[C@H]3C12. The molecule has 2 nitrogen and oxygen atoms in total. The Bertz CT molecular complexity index is 522. The summed E-state index contributed by atoms with van der Waals surface area (Å²) < 4.78 is 14.2. The first kappa shape index (κ1) is 15.9. The summed E-state index contributed by atoms with van der Waals surface area (Å²) in [5, 5.41) is 0. The van der Waals surface area contributed by atoms with Gasteiger partial charge < -0.3 is 4.90 Å². The van der Waals surface area contributed by atoms with Crippen molar-refractivity contribution < 1.29 is 9.18 Å². The van der Waals surface area contributed by atoms with Crippen molar-refractivity contribution in [2.24, 2.45) is 34.5 Å². The molecule has 0 N–H and O–H groups in total. The molecule has 3 heteroatoms. The standard InChI is InChI=1S/C20H32FNO/c1-12-9-16-20(3,8-6-17(23)22(16)4)14-5-7-19(2)11-13(21)10-15(19)18(12)14/h12-16,18H,5-11H2,1-4H3/t12-,13-,14-,15-,16+,18?,19+,20+/m0/s1. The fraction of sp³-hybridized carbons (Fsp3) is 0.950. The van der Waals surface area contributed by atoms with E-state index in [1.165, 1.54) is 12.8 Å². The van der Waals surface area contributed by atoms with Crippen LogP contribution in [-0.2, 0) is 4.79 Å². The Morgan fingerprint density at radius 2 is 1.91 bits per heavy atom. The minimum absolute atomic E-state index is 0.231. The highest BCUT2D eigenvalue weighted by atomic mass is 19.1. The molecular weight excluding hydrogens is 289 g/mol. The van der Waals surface area contributed by atoms with Gasteiger partial charge in [0.15, 0.2) is 0 Å². The maximum atomic E-state index is 14.2. The van der Waals surface area contributed by atoms with Crippen LogP contribution in [-0.4, -0.2) is 30.1 Å². The predicted octanol–water partition coefficient (Wildman–Crippen LogP) is 4.43. The Morgan fingerprint density at radius 3 is 2.65 bits per heavy atom.